The standard InChI is InChI=1S/C24H19Cl2N3O4/c1-13(28-29-24(31)16-8-7-14(25)10-18(16)26)9-23(30)27-19-12-21-17(11-22(19)32-2)15-5-3-4-6-20(15)33-21/h3-8,10-12H,9H2,1-2H3,(H,27,30)(H,29,31)/b28-13+. The van der Waals surface area contributed by atoms with Gasteiger partial charge in [0, 0.05) is 27.6 Å². The second kappa shape index (κ2) is 9.52. The molecular formula is C24H19Cl2N3O4. The number of nitrogens with zero attached hydrogens (tertiary/aromatic N) is 1. The summed E-state index contributed by atoms with van der Waals surface area (Å²) in [7, 11) is 1.53. The van der Waals surface area contributed by atoms with Crippen molar-refractivity contribution in [3.63, 3.8) is 0 Å². The summed E-state index contributed by atoms with van der Waals surface area (Å²) < 4.78 is 11.3. The zero-order valence-corrected chi connectivity index (χ0v) is 19.3. The molecule has 168 valence electrons. The van der Waals surface area contributed by atoms with Gasteiger partial charge in [0.2, 0.25) is 5.91 Å². The van der Waals surface area contributed by atoms with Crippen LogP contribution in [0, 0.1) is 0 Å². The van der Waals surface area contributed by atoms with Crippen molar-refractivity contribution in [1.82, 2.24) is 5.43 Å². The average Bonchev–Trinajstić information content (AvgIpc) is 3.14. The van der Waals surface area contributed by atoms with Crippen LogP contribution >= 0.6 is 23.2 Å². The van der Waals surface area contributed by atoms with Crippen LogP contribution in [0.4, 0.5) is 5.69 Å². The Labute approximate surface area is 199 Å². The summed E-state index contributed by atoms with van der Waals surface area (Å²) in [5.41, 5.74) is 4.87. The van der Waals surface area contributed by atoms with Crippen molar-refractivity contribution in [3.05, 3.63) is 70.2 Å². The number of hydrogen-bond donors (Lipinski definition) is 2. The number of furan rings is 1. The number of nitrogens with one attached hydrogen (secondary N) is 2. The molecule has 9 heteroatoms. The van der Waals surface area contributed by atoms with Crippen molar-refractivity contribution in [2.24, 2.45) is 5.10 Å². The van der Waals surface area contributed by atoms with E-state index in [9.17, 15) is 9.59 Å². The fraction of sp³-hybridized carbons (Fsp3) is 0.125. The third-order valence-corrected chi connectivity index (χ3v) is 5.46. The molecular weight excluding hydrogens is 465 g/mol. The molecule has 0 radical (unpaired) electrons. The lowest BCUT2D eigenvalue weighted by molar-refractivity contribution is -0.115. The molecule has 2 amide bonds. The van der Waals surface area contributed by atoms with E-state index in [0.29, 0.717) is 27.8 Å². The summed E-state index contributed by atoms with van der Waals surface area (Å²) in [4.78, 5) is 24.8. The van der Waals surface area contributed by atoms with Gasteiger partial charge in [-0.25, -0.2) is 5.43 Å². The normalized spacial score (nSPS) is 11.6. The van der Waals surface area contributed by atoms with Crippen LogP contribution in [0.25, 0.3) is 21.9 Å². The van der Waals surface area contributed by atoms with E-state index in [1.54, 1.807) is 19.1 Å². The van der Waals surface area contributed by atoms with Gasteiger partial charge >= 0.3 is 0 Å². The number of halogens is 2. The molecule has 4 aromatic rings. The number of para-hydroxylation sites is 1. The molecule has 0 atom stereocenters. The molecule has 33 heavy (non-hydrogen) atoms. The molecule has 4 rings (SSSR count). The number of hydrazone groups is 1. The van der Waals surface area contributed by atoms with Gasteiger partial charge in [-0.2, -0.15) is 5.10 Å². The number of rotatable bonds is 6. The Morgan fingerprint density at radius 2 is 1.82 bits per heavy atom. The van der Waals surface area contributed by atoms with Crippen LogP contribution in [0.1, 0.15) is 23.7 Å². The Hall–Kier alpha value is -3.55. The van der Waals surface area contributed by atoms with Crippen molar-refractivity contribution in [2.45, 2.75) is 13.3 Å². The highest BCUT2D eigenvalue weighted by atomic mass is 35.5. The highest BCUT2D eigenvalue weighted by Gasteiger charge is 2.15. The summed E-state index contributed by atoms with van der Waals surface area (Å²) in [6.45, 7) is 1.63. The SMILES string of the molecule is COc1cc2c(cc1NC(=O)C/C(C)=N/NC(=O)c1ccc(Cl)cc1Cl)oc1ccccc12. The first-order valence-electron chi connectivity index (χ1n) is 9.93. The molecule has 3 aromatic carbocycles. The van der Waals surface area contributed by atoms with E-state index in [1.165, 1.54) is 19.2 Å². The lowest BCUT2D eigenvalue weighted by atomic mass is 10.1. The van der Waals surface area contributed by atoms with Crippen molar-refractivity contribution in [1.29, 1.82) is 0 Å². The number of hydrogen-bond acceptors (Lipinski definition) is 5. The van der Waals surface area contributed by atoms with Crippen molar-refractivity contribution < 1.29 is 18.7 Å². The highest BCUT2D eigenvalue weighted by molar-refractivity contribution is 6.36. The number of carbonyl (C=O) groups excluding carboxylic acids is 2. The molecule has 1 aromatic heterocycles. The van der Waals surface area contributed by atoms with Gasteiger partial charge in [-0.3, -0.25) is 9.59 Å². The molecule has 0 bridgehead atoms. The van der Waals surface area contributed by atoms with E-state index in [2.05, 4.69) is 15.8 Å². The van der Waals surface area contributed by atoms with E-state index < -0.39 is 5.91 Å². The van der Waals surface area contributed by atoms with Crippen LogP contribution in [-0.4, -0.2) is 24.6 Å². The fourth-order valence-electron chi connectivity index (χ4n) is 3.36. The molecule has 0 fully saturated rings. The van der Waals surface area contributed by atoms with Gasteiger partial charge < -0.3 is 14.5 Å². The quantitative estimate of drug-likeness (QED) is 0.258. The maximum atomic E-state index is 12.6. The average molecular weight is 484 g/mol. The van der Waals surface area contributed by atoms with Gasteiger partial charge in [0.1, 0.15) is 16.9 Å². The van der Waals surface area contributed by atoms with Crippen molar-refractivity contribution >= 4 is 68.4 Å². The third-order valence-electron chi connectivity index (χ3n) is 4.91. The van der Waals surface area contributed by atoms with E-state index >= 15 is 0 Å². The van der Waals surface area contributed by atoms with Gasteiger partial charge in [-0.1, -0.05) is 41.4 Å². The highest BCUT2D eigenvalue weighted by Crippen LogP contribution is 2.36. The van der Waals surface area contributed by atoms with Crippen molar-refractivity contribution in [2.75, 3.05) is 12.4 Å². The van der Waals surface area contributed by atoms with E-state index in [1.807, 2.05) is 30.3 Å². The van der Waals surface area contributed by atoms with Crippen LogP contribution in [0.2, 0.25) is 10.0 Å². The number of benzene rings is 3. The first-order chi connectivity index (χ1) is 15.9. The van der Waals surface area contributed by atoms with Crippen LogP contribution in [-0.2, 0) is 4.79 Å². The number of carbonyl (C=O) groups is 2. The number of methoxy groups -OCH3 is 1. The molecule has 0 unspecified atom stereocenters. The summed E-state index contributed by atoms with van der Waals surface area (Å²) in [6.07, 6.45) is -0.0457. The molecule has 0 saturated heterocycles. The predicted molar refractivity (Wildman–Crippen MR) is 131 cm³/mol. The second-order valence-corrected chi connectivity index (χ2v) is 8.13. The number of anilines is 1. The molecule has 0 aliphatic carbocycles. The second-order valence-electron chi connectivity index (χ2n) is 7.28. The van der Waals surface area contributed by atoms with Gasteiger partial charge in [-0.05, 0) is 37.3 Å². The monoisotopic (exact) mass is 483 g/mol. The number of ether oxygens (including phenoxy) is 1. The fourth-order valence-corrected chi connectivity index (χ4v) is 3.86. The van der Waals surface area contributed by atoms with Crippen LogP contribution in [0.3, 0.4) is 0 Å². The van der Waals surface area contributed by atoms with Crippen LogP contribution < -0.4 is 15.5 Å². The number of fused-ring (bicyclic) bond motifs is 3. The van der Waals surface area contributed by atoms with E-state index in [4.69, 9.17) is 32.4 Å². The Morgan fingerprint density at radius 1 is 1.03 bits per heavy atom. The Kier molecular flexibility index (Phi) is 6.53. The minimum Gasteiger partial charge on any atom is -0.495 e. The van der Waals surface area contributed by atoms with Gasteiger partial charge in [0.05, 0.1) is 29.8 Å². The zero-order valence-electron chi connectivity index (χ0n) is 17.7. The minimum absolute atomic E-state index is 0.0457. The number of amides is 2. The molecule has 2 N–H and O–H groups in total. The summed E-state index contributed by atoms with van der Waals surface area (Å²) in [5.74, 6) is -0.333. The lowest BCUT2D eigenvalue weighted by Crippen LogP contribution is -2.22. The molecule has 7 nitrogen and oxygen atoms in total. The maximum absolute atomic E-state index is 12.6. The Bertz CT molecular complexity index is 1410. The van der Waals surface area contributed by atoms with Gasteiger partial charge in [0.25, 0.3) is 5.91 Å². The topological polar surface area (TPSA) is 92.9 Å². The first kappa shape index (κ1) is 22.6. The molecule has 0 spiro atoms. The maximum Gasteiger partial charge on any atom is 0.272 e. The molecule has 0 aliphatic heterocycles. The molecule has 0 aliphatic rings. The van der Waals surface area contributed by atoms with Crippen LogP contribution in [0.15, 0.2) is 64.1 Å². The summed E-state index contributed by atoms with van der Waals surface area (Å²) >= 11 is 11.9. The van der Waals surface area contributed by atoms with E-state index in [0.717, 1.165) is 16.4 Å². The minimum atomic E-state index is -0.506. The molecule has 0 saturated carbocycles. The van der Waals surface area contributed by atoms with Gasteiger partial charge in [-0.15, -0.1) is 0 Å². The van der Waals surface area contributed by atoms with Crippen LogP contribution in [0.5, 0.6) is 5.75 Å². The Morgan fingerprint density at radius 3 is 2.58 bits per heavy atom. The Balaban J connectivity index is 1.46. The summed E-state index contributed by atoms with van der Waals surface area (Å²) in [6, 6.07) is 15.7. The van der Waals surface area contributed by atoms with Crippen molar-refractivity contribution in [3.8, 4) is 5.75 Å². The smallest absolute Gasteiger partial charge is 0.272 e. The van der Waals surface area contributed by atoms with Gasteiger partial charge in [0.15, 0.2) is 0 Å². The van der Waals surface area contributed by atoms with E-state index in [-0.39, 0.29) is 22.9 Å². The third kappa shape index (κ3) is 4.94. The zero-order chi connectivity index (χ0) is 23.5. The molecule has 1 heterocycles. The first-order valence-corrected chi connectivity index (χ1v) is 10.7. The largest absolute Gasteiger partial charge is 0.495 e. The predicted octanol–water partition coefficient (Wildman–Crippen LogP) is 6.04. The summed E-state index contributed by atoms with van der Waals surface area (Å²) in [5, 5.41) is 9.27. The lowest BCUT2D eigenvalue weighted by Gasteiger charge is -2.10.